The van der Waals surface area contributed by atoms with Crippen molar-refractivity contribution in [3.63, 3.8) is 0 Å². The Morgan fingerprint density at radius 2 is 2.00 bits per heavy atom. The molecule has 3 nitrogen and oxygen atoms in total. The zero-order valence-corrected chi connectivity index (χ0v) is 9.55. The highest BCUT2D eigenvalue weighted by molar-refractivity contribution is 5.79. The molecule has 1 amide bonds. The van der Waals surface area contributed by atoms with Crippen molar-refractivity contribution in [1.29, 1.82) is 0 Å². The number of nitrogens with zero attached hydrogens (tertiary/aromatic N) is 1. The first kappa shape index (κ1) is 11.5. The topological polar surface area (TPSA) is 46.3 Å². The number of hydrogen-bond donors (Lipinski definition) is 1. The zero-order chi connectivity index (χ0) is 10.8. The van der Waals surface area contributed by atoms with Crippen LogP contribution in [0.4, 0.5) is 0 Å². The van der Waals surface area contributed by atoms with Crippen LogP contribution < -0.4 is 5.73 Å². The highest BCUT2D eigenvalue weighted by Crippen LogP contribution is 2.30. The Kier molecular flexibility index (Phi) is 3.53. The van der Waals surface area contributed by atoms with E-state index in [1.54, 1.807) is 0 Å². The molecule has 0 radical (unpaired) electrons. The Labute approximate surface area is 86.6 Å². The fraction of sp³-hybridized carbons (Fsp3) is 0.909. The second kappa shape index (κ2) is 4.30. The average molecular weight is 198 g/mol. The molecule has 0 aliphatic carbocycles. The van der Waals surface area contributed by atoms with Gasteiger partial charge in [-0.1, -0.05) is 13.8 Å². The molecule has 1 atom stereocenters. The monoisotopic (exact) mass is 198 g/mol. The molecule has 1 unspecified atom stereocenters. The number of carbonyl (C=O) groups excluding carboxylic acids is 1. The number of carbonyl (C=O) groups is 1. The van der Waals surface area contributed by atoms with Crippen LogP contribution in [0.25, 0.3) is 0 Å². The summed E-state index contributed by atoms with van der Waals surface area (Å²) in [6.07, 6.45) is 3.57. The molecule has 0 bridgehead atoms. The van der Waals surface area contributed by atoms with E-state index in [1.165, 1.54) is 12.8 Å². The number of hydrogen-bond acceptors (Lipinski definition) is 2. The molecule has 1 aliphatic rings. The van der Waals surface area contributed by atoms with E-state index >= 15 is 0 Å². The quantitative estimate of drug-likeness (QED) is 0.728. The van der Waals surface area contributed by atoms with Gasteiger partial charge in [-0.25, -0.2) is 0 Å². The lowest BCUT2D eigenvalue weighted by molar-refractivity contribution is -0.122. The summed E-state index contributed by atoms with van der Waals surface area (Å²) < 4.78 is 0. The molecule has 0 aromatic heterocycles. The van der Waals surface area contributed by atoms with E-state index < -0.39 is 0 Å². The Morgan fingerprint density at radius 3 is 2.57 bits per heavy atom. The zero-order valence-electron chi connectivity index (χ0n) is 9.55. The minimum atomic E-state index is -0.204. The van der Waals surface area contributed by atoms with Crippen LogP contribution in [0.2, 0.25) is 0 Å². The van der Waals surface area contributed by atoms with Crippen molar-refractivity contribution in [3.8, 4) is 0 Å². The van der Waals surface area contributed by atoms with E-state index in [9.17, 15) is 4.79 Å². The normalized spacial score (nSPS) is 25.4. The molecule has 1 aliphatic heterocycles. The fourth-order valence-corrected chi connectivity index (χ4v) is 2.01. The molecule has 1 fully saturated rings. The minimum absolute atomic E-state index is 0.108. The molecular formula is C11H22N2O. The maximum absolute atomic E-state index is 11.1. The van der Waals surface area contributed by atoms with Crippen LogP contribution in [0.3, 0.4) is 0 Å². The van der Waals surface area contributed by atoms with Gasteiger partial charge in [-0.05, 0) is 44.7 Å². The fourth-order valence-electron chi connectivity index (χ4n) is 2.01. The predicted octanol–water partition coefficient (Wildman–Crippen LogP) is 1.37. The lowest BCUT2D eigenvalue weighted by Crippen LogP contribution is -2.43. The third-order valence-corrected chi connectivity index (χ3v) is 3.33. The molecule has 0 aromatic rings. The van der Waals surface area contributed by atoms with Gasteiger partial charge in [0.15, 0.2) is 0 Å². The lowest BCUT2D eigenvalue weighted by atomic mass is 9.85. The SMILES string of the molecule is CC(C(N)=O)N1CCCC(C)(C)CC1. The van der Waals surface area contributed by atoms with Gasteiger partial charge in [0, 0.05) is 0 Å². The predicted molar refractivity (Wildman–Crippen MR) is 57.9 cm³/mol. The van der Waals surface area contributed by atoms with Crippen molar-refractivity contribution in [1.82, 2.24) is 4.90 Å². The summed E-state index contributed by atoms with van der Waals surface area (Å²) in [4.78, 5) is 13.3. The first-order valence-electron chi connectivity index (χ1n) is 5.46. The lowest BCUT2D eigenvalue weighted by Gasteiger charge is -2.26. The van der Waals surface area contributed by atoms with E-state index in [1.807, 2.05) is 6.92 Å². The van der Waals surface area contributed by atoms with Crippen molar-refractivity contribution >= 4 is 5.91 Å². The van der Waals surface area contributed by atoms with E-state index in [0.29, 0.717) is 5.41 Å². The summed E-state index contributed by atoms with van der Waals surface area (Å²) in [6.45, 7) is 8.50. The molecule has 14 heavy (non-hydrogen) atoms. The van der Waals surface area contributed by atoms with Gasteiger partial charge in [-0.15, -0.1) is 0 Å². The smallest absolute Gasteiger partial charge is 0.234 e. The Hall–Kier alpha value is -0.570. The molecule has 1 rings (SSSR count). The summed E-state index contributed by atoms with van der Waals surface area (Å²) in [6, 6.07) is -0.108. The van der Waals surface area contributed by atoms with Gasteiger partial charge in [0.05, 0.1) is 6.04 Å². The van der Waals surface area contributed by atoms with Crippen molar-refractivity contribution in [2.24, 2.45) is 11.1 Å². The molecule has 1 heterocycles. The highest BCUT2D eigenvalue weighted by atomic mass is 16.1. The van der Waals surface area contributed by atoms with Gasteiger partial charge in [0.2, 0.25) is 5.91 Å². The first-order valence-corrected chi connectivity index (χ1v) is 5.46. The minimum Gasteiger partial charge on any atom is -0.368 e. The molecule has 0 saturated carbocycles. The standard InChI is InChI=1S/C11H22N2O/c1-9(10(12)14)13-7-4-5-11(2,3)6-8-13/h9H,4-8H2,1-3H3,(H2,12,14). The van der Waals surface area contributed by atoms with Crippen LogP contribution in [0, 0.1) is 5.41 Å². The van der Waals surface area contributed by atoms with Crippen molar-refractivity contribution in [3.05, 3.63) is 0 Å². The number of rotatable bonds is 2. The van der Waals surface area contributed by atoms with Crippen LogP contribution in [0.15, 0.2) is 0 Å². The molecule has 2 N–H and O–H groups in total. The summed E-state index contributed by atoms with van der Waals surface area (Å²) in [7, 11) is 0. The highest BCUT2D eigenvalue weighted by Gasteiger charge is 2.26. The van der Waals surface area contributed by atoms with Gasteiger partial charge in [-0.2, -0.15) is 0 Å². The van der Waals surface area contributed by atoms with Crippen LogP contribution in [0.5, 0.6) is 0 Å². The summed E-state index contributed by atoms with van der Waals surface area (Å²) in [5.41, 5.74) is 5.73. The summed E-state index contributed by atoms with van der Waals surface area (Å²) in [5.74, 6) is -0.204. The molecule has 3 heteroatoms. The van der Waals surface area contributed by atoms with Gasteiger partial charge in [0.1, 0.15) is 0 Å². The Balaban J connectivity index is 2.54. The molecule has 1 saturated heterocycles. The van der Waals surface area contributed by atoms with Crippen molar-refractivity contribution < 1.29 is 4.79 Å². The van der Waals surface area contributed by atoms with Gasteiger partial charge in [0.25, 0.3) is 0 Å². The summed E-state index contributed by atoms with van der Waals surface area (Å²) in [5, 5.41) is 0. The van der Waals surface area contributed by atoms with Crippen molar-refractivity contribution in [2.45, 2.75) is 46.1 Å². The summed E-state index contributed by atoms with van der Waals surface area (Å²) >= 11 is 0. The van der Waals surface area contributed by atoms with E-state index in [-0.39, 0.29) is 11.9 Å². The van der Waals surface area contributed by atoms with Gasteiger partial charge in [-0.3, -0.25) is 9.69 Å². The van der Waals surface area contributed by atoms with Crippen LogP contribution in [-0.2, 0) is 4.79 Å². The maximum Gasteiger partial charge on any atom is 0.234 e. The number of amides is 1. The van der Waals surface area contributed by atoms with Crippen LogP contribution in [-0.4, -0.2) is 29.9 Å². The van der Waals surface area contributed by atoms with Gasteiger partial charge >= 0.3 is 0 Å². The van der Waals surface area contributed by atoms with E-state index in [4.69, 9.17) is 5.73 Å². The molecular weight excluding hydrogens is 176 g/mol. The maximum atomic E-state index is 11.1. The Morgan fingerprint density at radius 1 is 1.36 bits per heavy atom. The van der Waals surface area contributed by atoms with Crippen LogP contribution in [0.1, 0.15) is 40.0 Å². The number of primary amides is 1. The number of likely N-dealkylation sites (tertiary alicyclic amines) is 1. The second-order valence-corrected chi connectivity index (χ2v) is 5.13. The van der Waals surface area contributed by atoms with E-state index in [2.05, 4.69) is 18.7 Å². The van der Waals surface area contributed by atoms with Crippen LogP contribution >= 0.6 is 0 Å². The second-order valence-electron chi connectivity index (χ2n) is 5.13. The van der Waals surface area contributed by atoms with Gasteiger partial charge < -0.3 is 5.73 Å². The third-order valence-electron chi connectivity index (χ3n) is 3.33. The van der Waals surface area contributed by atoms with Crippen molar-refractivity contribution in [2.75, 3.05) is 13.1 Å². The Bertz CT molecular complexity index is 213. The molecule has 0 aromatic carbocycles. The third kappa shape index (κ3) is 2.98. The molecule has 0 spiro atoms. The molecule has 82 valence electrons. The van der Waals surface area contributed by atoms with E-state index in [0.717, 1.165) is 19.5 Å². The number of nitrogens with two attached hydrogens (primary N) is 1. The first-order chi connectivity index (χ1) is 6.42. The largest absolute Gasteiger partial charge is 0.368 e. The average Bonchev–Trinajstić information content (AvgIpc) is 2.25.